The van der Waals surface area contributed by atoms with Crippen LogP contribution in [-0.4, -0.2) is 69.4 Å². The summed E-state index contributed by atoms with van der Waals surface area (Å²) in [6, 6.07) is -5.49. The topological polar surface area (TPSA) is 93.9 Å². The summed E-state index contributed by atoms with van der Waals surface area (Å²) in [5.74, 6) is 0.150. The number of aromatic nitrogens is 4. The zero-order valence-electron chi connectivity index (χ0n) is 20.2. The van der Waals surface area contributed by atoms with Gasteiger partial charge in [0.15, 0.2) is 11.7 Å². The van der Waals surface area contributed by atoms with Gasteiger partial charge in [-0.25, -0.2) is 14.8 Å². The Bertz CT molecular complexity index is 1250. The van der Waals surface area contributed by atoms with Crippen LogP contribution in [0.1, 0.15) is 32.0 Å². The highest BCUT2D eigenvalue weighted by Gasteiger charge is 2.49. The molecule has 3 aromatic rings. The summed E-state index contributed by atoms with van der Waals surface area (Å²) in [6.07, 6.45) is -4.92. The van der Waals surface area contributed by atoms with Gasteiger partial charge < -0.3 is 24.1 Å². The van der Waals surface area contributed by atoms with Crippen molar-refractivity contribution in [2.24, 2.45) is 0 Å². The molecule has 0 aliphatic heterocycles. The molecule has 15 heteroatoms. The Morgan fingerprint density at radius 3 is 2.35 bits per heavy atom. The summed E-state index contributed by atoms with van der Waals surface area (Å²) < 4.78 is 94.4. The van der Waals surface area contributed by atoms with Crippen LogP contribution in [0.15, 0.2) is 30.9 Å². The minimum atomic E-state index is -5.08. The summed E-state index contributed by atoms with van der Waals surface area (Å²) in [5, 5.41) is 1.65. The first kappa shape index (κ1) is 27.8. The number of alkyl halides is 6. The number of rotatable bonds is 8. The second kappa shape index (κ2) is 10.7. The second-order valence-electron chi connectivity index (χ2n) is 7.79. The first-order chi connectivity index (χ1) is 17.3. The number of hydrogen-bond acceptors (Lipinski definition) is 6. The molecule has 37 heavy (non-hydrogen) atoms. The van der Waals surface area contributed by atoms with Crippen LogP contribution < -0.4 is 14.8 Å². The number of carbonyl (C=O) groups excluding carboxylic acids is 1. The molecule has 0 bridgehead atoms. The molecule has 3 aromatic heterocycles. The van der Waals surface area contributed by atoms with Gasteiger partial charge in [-0.3, -0.25) is 4.98 Å². The zero-order chi connectivity index (χ0) is 27.5. The van der Waals surface area contributed by atoms with Crippen molar-refractivity contribution in [3.8, 4) is 22.9 Å². The third kappa shape index (κ3) is 5.80. The summed E-state index contributed by atoms with van der Waals surface area (Å²) in [4.78, 5) is 25.1. The number of nitrogens with zero attached hydrogens (tertiary/aromatic N) is 5. The van der Waals surface area contributed by atoms with Gasteiger partial charge in [0.25, 0.3) is 5.88 Å². The SMILES string of the molecule is CCC(NC(=O)N(CC)C(c1cc(-c2cn3ccnc3c(OC)n2)c(OC)cn1)C(F)(F)F)C(F)(F)F. The molecule has 0 aliphatic carbocycles. The largest absolute Gasteiger partial charge is 0.494 e. The van der Waals surface area contributed by atoms with E-state index in [1.54, 1.807) is 11.5 Å². The molecule has 0 radical (unpaired) electrons. The van der Waals surface area contributed by atoms with Crippen LogP contribution >= 0.6 is 0 Å². The van der Waals surface area contributed by atoms with Gasteiger partial charge in [0.1, 0.15) is 11.8 Å². The molecule has 0 saturated heterocycles. The van der Waals surface area contributed by atoms with Crippen molar-refractivity contribution in [2.75, 3.05) is 20.8 Å². The smallest absolute Gasteiger partial charge is 0.414 e. The molecule has 0 fully saturated rings. The summed E-state index contributed by atoms with van der Waals surface area (Å²) in [5.41, 5.74) is -0.0725. The minimum Gasteiger partial charge on any atom is -0.494 e. The number of pyridine rings is 1. The van der Waals surface area contributed by atoms with E-state index < -0.39 is 49.1 Å². The molecule has 2 atom stereocenters. The lowest BCUT2D eigenvalue weighted by atomic mass is 10.1. The molecule has 9 nitrogen and oxygen atoms in total. The van der Waals surface area contributed by atoms with Gasteiger partial charge in [0, 0.05) is 30.7 Å². The van der Waals surface area contributed by atoms with Gasteiger partial charge in [-0.1, -0.05) is 6.92 Å². The second-order valence-corrected chi connectivity index (χ2v) is 7.79. The maximum Gasteiger partial charge on any atom is 0.414 e. The van der Waals surface area contributed by atoms with Crippen molar-refractivity contribution in [1.82, 2.24) is 29.6 Å². The lowest BCUT2D eigenvalue weighted by Crippen LogP contribution is -2.53. The van der Waals surface area contributed by atoms with Crippen LogP contribution in [0, 0.1) is 0 Å². The molecule has 0 aliphatic rings. The number of halogens is 6. The van der Waals surface area contributed by atoms with E-state index in [2.05, 4.69) is 15.0 Å². The first-order valence-corrected chi connectivity index (χ1v) is 11.0. The molecule has 3 rings (SSSR count). The monoisotopic (exact) mass is 534 g/mol. The molecule has 0 spiro atoms. The van der Waals surface area contributed by atoms with Crippen molar-refractivity contribution in [1.29, 1.82) is 0 Å². The predicted molar refractivity (Wildman–Crippen MR) is 119 cm³/mol. The first-order valence-electron chi connectivity index (χ1n) is 11.0. The van der Waals surface area contributed by atoms with Crippen molar-refractivity contribution < 1.29 is 40.6 Å². The Balaban J connectivity index is 2.12. The highest BCUT2D eigenvalue weighted by molar-refractivity contribution is 5.75. The van der Waals surface area contributed by atoms with Crippen LogP contribution in [0.3, 0.4) is 0 Å². The van der Waals surface area contributed by atoms with Crippen LogP contribution in [0.2, 0.25) is 0 Å². The number of urea groups is 1. The molecule has 3 heterocycles. The van der Waals surface area contributed by atoms with Gasteiger partial charge in [-0.15, -0.1) is 0 Å². The van der Waals surface area contributed by atoms with E-state index >= 15 is 0 Å². The fourth-order valence-corrected chi connectivity index (χ4v) is 3.74. The molecular weight excluding hydrogens is 510 g/mol. The Morgan fingerprint density at radius 2 is 1.81 bits per heavy atom. The minimum absolute atomic E-state index is 0.0642. The van der Waals surface area contributed by atoms with E-state index in [1.165, 1.54) is 37.9 Å². The molecule has 202 valence electrons. The quantitative estimate of drug-likeness (QED) is 0.418. The van der Waals surface area contributed by atoms with Crippen LogP contribution in [-0.2, 0) is 0 Å². The third-order valence-corrected chi connectivity index (χ3v) is 5.53. The van der Waals surface area contributed by atoms with Crippen molar-refractivity contribution in [3.63, 3.8) is 0 Å². The highest BCUT2D eigenvalue weighted by Crippen LogP contribution is 2.40. The Labute approximate surface area is 207 Å². The number of methoxy groups -OCH3 is 2. The van der Waals surface area contributed by atoms with Crippen LogP contribution in [0.4, 0.5) is 31.1 Å². The third-order valence-electron chi connectivity index (χ3n) is 5.53. The summed E-state index contributed by atoms with van der Waals surface area (Å²) >= 11 is 0. The summed E-state index contributed by atoms with van der Waals surface area (Å²) in [7, 11) is 2.63. The van der Waals surface area contributed by atoms with E-state index in [1.807, 2.05) is 0 Å². The fraction of sp³-hybridized carbons (Fsp3) is 0.455. The predicted octanol–water partition coefficient (Wildman–Crippen LogP) is 4.78. The molecule has 2 unspecified atom stereocenters. The van der Waals surface area contributed by atoms with E-state index in [9.17, 15) is 31.1 Å². The van der Waals surface area contributed by atoms with Gasteiger partial charge in [0.2, 0.25) is 0 Å². The maximum atomic E-state index is 14.3. The lowest BCUT2D eigenvalue weighted by Gasteiger charge is -2.33. The molecule has 0 aromatic carbocycles. The standard InChI is InChI=1S/C22H24F6N6O3/c1-5-16(21(23,24)25)32-20(35)34(6-2)17(22(26,27)28)13-9-12(15(36-3)10-30-13)14-11-33-8-7-29-18(33)19(31-14)37-4/h7-11,16-17H,5-6H2,1-4H3,(H,32,35). The number of ether oxygens (including phenoxy) is 2. The van der Waals surface area contributed by atoms with Crippen molar-refractivity contribution in [3.05, 3.63) is 36.5 Å². The van der Waals surface area contributed by atoms with E-state index in [0.29, 0.717) is 5.65 Å². The van der Waals surface area contributed by atoms with Gasteiger partial charge in [0.05, 0.1) is 31.8 Å². The van der Waals surface area contributed by atoms with Gasteiger partial charge in [-0.2, -0.15) is 26.3 Å². The molecular formula is C22H24F6N6O3. The number of amides is 2. The number of carbonyl (C=O) groups is 1. The van der Waals surface area contributed by atoms with E-state index in [0.717, 1.165) is 19.2 Å². The van der Waals surface area contributed by atoms with Crippen LogP contribution in [0.25, 0.3) is 16.9 Å². The lowest BCUT2D eigenvalue weighted by molar-refractivity contribution is -0.180. The molecule has 1 N–H and O–H groups in total. The number of nitrogens with one attached hydrogen (secondary N) is 1. The Hall–Kier alpha value is -3.78. The average Bonchev–Trinajstić information content (AvgIpc) is 3.32. The zero-order valence-corrected chi connectivity index (χ0v) is 20.2. The van der Waals surface area contributed by atoms with Gasteiger partial charge >= 0.3 is 18.4 Å². The molecule has 2 amide bonds. The normalized spacial score (nSPS) is 13.8. The van der Waals surface area contributed by atoms with Gasteiger partial charge in [-0.05, 0) is 19.4 Å². The van der Waals surface area contributed by atoms with Crippen molar-refractivity contribution >= 4 is 11.7 Å². The van der Waals surface area contributed by atoms with Crippen molar-refractivity contribution in [2.45, 2.75) is 44.7 Å². The summed E-state index contributed by atoms with van der Waals surface area (Å²) in [6.45, 7) is 1.82. The van der Waals surface area contributed by atoms with Crippen LogP contribution in [0.5, 0.6) is 11.6 Å². The van der Waals surface area contributed by atoms with E-state index in [-0.39, 0.29) is 27.8 Å². The fourth-order valence-electron chi connectivity index (χ4n) is 3.74. The number of fused-ring (bicyclic) bond motifs is 1. The number of imidazole rings is 1. The molecule has 0 saturated carbocycles. The number of hydrogen-bond donors (Lipinski definition) is 1. The Kier molecular flexibility index (Phi) is 8.03. The average molecular weight is 534 g/mol. The maximum absolute atomic E-state index is 14.3. The highest BCUT2D eigenvalue weighted by atomic mass is 19.4. The van der Waals surface area contributed by atoms with E-state index in [4.69, 9.17) is 9.47 Å². The Morgan fingerprint density at radius 1 is 1.11 bits per heavy atom.